The van der Waals surface area contributed by atoms with E-state index in [-0.39, 0.29) is 18.3 Å². The van der Waals surface area contributed by atoms with E-state index in [0.717, 1.165) is 0 Å². The third kappa shape index (κ3) is 7.72. The highest BCUT2D eigenvalue weighted by Crippen LogP contribution is 1.80. The van der Waals surface area contributed by atoms with Gasteiger partial charge in [0.1, 0.15) is 6.61 Å². The van der Waals surface area contributed by atoms with Crippen molar-refractivity contribution < 1.29 is 9.47 Å². The van der Waals surface area contributed by atoms with Crippen molar-refractivity contribution in [2.45, 2.75) is 13.8 Å². The van der Waals surface area contributed by atoms with Crippen molar-refractivity contribution in [2.24, 2.45) is 0 Å². The number of rotatable bonds is 4. The van der Waals surface area contributed by atoms with Gasteiger partial charge in [0.25, 0.3) is 0 Å². The van der Waals surface area contributed by atoms with Gasteiger partial charge in [-0.3, -0.25) is 5.41 Å². The number of halogens is 1. The first-order valence-corrected chi connectivity index (χ1v) is 3.09. The van der Waals surface area contributed by atoms with Crippen LogP contribution in [0.1, 0.15) is 13.8 Å². The summed E-state index contributed by atoms with van der Waals surface area (Å²) in [6.07, 6.45) is 0. The van der Waals surface area contributed by atoms with Crippen LogP contribution < -0.4 is 0 Å². The lowest BCUT2D eigenvalue weighted by molar-refractivity contribution is 0.162. The summed E-state index contributed by atoms with van der Waals surface area (Å²) >= 11 is 0. The number of nitrogens with one attached hydrogen (secondary N) is 1. The molecule has 0 bridgehead atoms. The number of ether oxygens (including phenoxy) is 2. The van der Waals surface area contributed by atoms with E-state index in [4.69, 9.17) is 14.9 Å². The summed E-state index contributed by atoms with van der Waals surface area (Å²) in [4.78, 5) is 0. The predicted octanol–water partition coefficient (Wildman–Crippen LogP) is 1.46. The van der Waals surface area contributed by atoms with Gasteiger partial charge in [0.2, 0.25) is 5.90 Å². The van der Waals surface area contributed by atoms with Crippen molar-refractivity contribution in [1.29, 1.82) is 5.41 Å². The van der Waals surface area contributed by atoms with Crippen molar-refractivity contribution in [1.82, 2.24) is 0 Å². The molecular formula is C6H14ClNO2. The summed E-state index contributed by atoms with van der Waals surface area (Å²) in [6, 6.07) is 0. The SMILES string of the molecule is CCOCC(=N)OCC.Cl. The summed E-state index contributed by atoms with van der Waals surface area (Å²) in [5.74, 6) is 0.208. The highest BCUT2D eigenvalue weighted by atomic mass is 35.5. The normalized spacial score (nSPS) is 8.20. The van der Waals surface area contributed by atoms with Crippen LogP contribution in [0.2, 0.25) is 0 Å². The fourth-order valence-electron chi connectivity index (χ4n) is 0.411. The highest BCUT2D eigenvalue weighted by molar-refractivity contribution is 5.85. The lowest BCUT2D eigenvalue weighted by Crippen LogP contribution is -2.11. The van der Waals surface area contributed by atoms with Gasteiger partial charge in [-0.05, 0) is 13.8 Å². The molecule has 0 aromatic heterocycles. The molecule has 3 nitrogen and oxygen atoms in total. The molecule has 0 spiro atoms. The van der Waals surface area contributed by atoms with Gasteiger partial charge in [0.15, 0.2) is 0 Å². The van der Waals surface area contributed by atoms with Gasteiger partial charge in [-0.2, -0.15) is 0 Å². The molecule has 0 fully saturated rings. The van der Waals surface area contributed by atoms with Crippen molar-refractivity contribution in [3.05, 3.63) is 0 Å². The van der Waals surface area contributed by atoms with Gasteiger partial charge >= 0.3 is 0 Å². The smallest absolute Gasteiger partial charge is 0.207 e. The molecule has 0 aliphatic rings. The Morgan fingerprint density at radius 2 is 1.90 bits per heavy atom. The molecule has 0 rings (SSSR count). The Hall–Kier alpha value is -0.280. The molecule has 1 N–H and O–H groups in total. The zero-order chi connectivity index (χ0) is 7.11. The third-order valence-corrected chi connectivity index (χ3v) is 0.756. The zero-order valence-electron chi connectivity index (χ0n) is 6.35. The second-order valence-corrected chi connectivity index (χ2v) is 1.49. The van der Waals surface area contributed by atoms with Crippen molar-refractivity contribution in [3.8, 4) is 0 Å². The molecule has 0 heterocycles. The highest BCUT2D eigenvalue weighted by Gasteiger charge is 1.92. The van der Waals surface area contributed by atoms with Crippen molar-refractivity contribution >= 4 is 18.3 Å². The summed E-state index contributed by atoms with van der Waals surface area (Å²) in [5.41, 5.74) is 0. The molecule has 0 atom stereocenters. The minimum Gasteiger partial charge on any atom is -0.480 e. The monoisotopic (exact) mass is 167 g/mol. The Balaban J connectivity index is 0. The van der Waals surface area contributed by atoms with Crippen LogP contribution in [0.15, 0.2) is 0 Å². The topological polar surface area (TPSA) is 42.3 Å². The average molecular weight is 168 g/mol. The fraction of sp³-hybridized carbons (Fsp3) is 0.833. The van der Waals surface area contributed by atoms with Gasteiger partial charge in [-0.1, -0.05) is 0 Å². The molecule has 0 aromatic rings. The molecule has 0 aromatic carbocycles. The van der Waals surface area contributed by atoms with Crippen LogP contribution in [0.4, 0.5) is 0 Å². The Morgan fingerprint density at radius 3 is 2.30 bits per heavy atom. The van der Waals surface area contributed by atoms with Crippen molar-refractivity contribution in [3.63, 3.8) is 0 Å². The molecule has 0 saturated carbocycles. The van der Waals surface area contributed by atoms with Crippen LogP contribution in [0, 0.1) is 5.41 Å². The maximum atomic E-state index is 7.04. The molecule has 0 unspecified atom stereocenters. The largest absolute Gasteiger partial charge is 0.480 e. The number of hydrogen-bond donors (Lipinski definition) is 1. The van der Waals surface area contributed by atoms with Crippen LogP contribution in [-0.4, -0.2) is 25.7 Å². The van der Waals surface area contributed by atoms with Crippen LogP contribution in [-0.2, 0) is 9.47 Å². The molecular weight excluding hydrogens is 154 g/mol. The predicted molar refractivity (Wildman–Crippen MR) is 43.1 cm³/mol. The summed E-state index contributed by atoms with van der Waals surface area (Å²) in [6.45, 7) is 5.21. The van der Waals surface area contributed by atoms with Crippen LogP contribution in [0.25, 0.3) is 0 Å². The average Bonchev–Trinajstić information content (AvgIpc) is 1.85. The molecule has 0 amide bonds. The maximum Gasteiger partial charge on any atom is 0.207 e. The van der Waals surface area contributed by atoms with Gasteiger partial charge < -0.3 is 9.47 Å². The van der Waals surface area contributed by atoms with Gasteiger partial charge in [0.05, 0.1) is 6.61 Å². The van der Waals surface area contributed by atoms with Crippen LogP contribution in [0.3, 0.4) is 0 Å². The fourth-order valence-corrected chi connectivity index (χ4v) is 0.411. The molecule has 10 heavy (non-hydrogen) atoms. The first-order valence-electron chi connectivity index (χ1n) is 3.09. The van der Waals surface area contributed by atoms with Gasteiger partial charge in [-0.25, -0.2) is 0 Å². The Bertz CT molecular complexity index is 87.8. The van der Waals surface area contributed by atoms with Gasteiger partial charge in [-0.15, -0.1) is 12.4 Å². The van der Waals surface area contributed by atoms with Crippen molar-refractivity contribution in [2.75, 3.05) is 19.8 Å². The van der Waals surface area contributed by atoms with E-state index in [9.17, 15) is 0 Å². The van der Waals surface area contributed by atoms with E-state index in [1.54, 1.807) is 0 Å². The Morgan fingerprint density at radius 1 is 1.30 bits per heavy atom. The van der Waals surface area contributed by atoms with E-state index in [1.165, 1.54) is 0 Å². The minimum atomic E-state index is 0. The van der Waals surface area contributed by atoms with E-state index < -0.39 is 0 Å². The van der Waals surface area contributed by atoms with Gasteiger partial charge in [0, 0.05) is 6.61 Å². The zero-order valence-corrected chi connectivity index (χ0v) is 7.16. The quantitative estimate of drug-likeness (QED) is 0.509. The lowest BCUT2D eigenvalue weighted by Gasteiger charge is -2.02. The van der Waals surface area contributed by atoms with Crippen LogP contribution >= 0.6 is 12.4 Å². The second-order valence-electron chi connectivity index (χ2n) is 1.49. The summed E-state index contributed by atoms with van der Waals surface area (Å²) in [5, 5.41) is 7.04. The lowest BCUT2D eigenvalue weighted by atomic mass is 10.7. The summed E-state index contributed by atoms with van der Waals surface area (Å²) < 4.78 is 9.70. The number of hydrogen-bond acceptors (Lipinski definition) is 3. The van der Waals surface area contributed by atoms with E-state index in [2.05, 4.69) is 0 Å². The minimum absolute atomic E-state index is 0. The second kappa shape index (κ2) is 8.72. The maximum absolute atomic E-state index is 7.04. The standard InChI is InChI=1S/C6H13NO2.ClH/c1-3-8-5-6(7)9-4-2;/h7H,3-5H2,1-2H3;1H. The third-order valence-electron chi connectivity index (χ3n) is 0.756. The van der Waals surface area contributed by atoms with Crippen LogP contribution in [0.5, 0.6) is 0 Å². The Kier molecular flexibility index (Phi) is 10.8. The van der Waals surface area contributed by atoms with E-state index in [0.29, 0.717) is 19.8 Å². The Labute approximate surface area is 67.6 Å². The molecule has 0 saturated heterocycles. The molecule has 0 radical (unpaired) electrons. The first kappa shape index (κ1) is 12.4. The summed E-state index contributed by atoms with van der Waals surface area (Å²) in [7, 11) is 0. The van der Waals surface area contributed by atoms with E-state index >= 15 is 0 Å². The molecule has 0 aliphatic heterocycles. The molecule has 62 valence electrons. The first-order chi connectivity index (χ1) is 4.31. The molecule has 0 aliphatic carbocycles. The molecule has 4 heteroatoms. The van der Waals surface area contributed by atoms with E-state index in [1.807, 2.05) is 13.8 Å².